The molecule has 0 heterocycles. The first-order chi connectivity index (χ1) is 6.20. The van der Waals surface area contributed by atoms with Gasteiger partial charge in [-0.3, -0.25) is 4.99 Å². The van der Waals surface area contributed by atoms with Crippen LogP contribution >= 0.6 is 0 Å². The first-order valence-electron chi connectivity index (χ1n) is 5.27. The van der Waals surface area contributed by atoms with E-state index >= 15 is 0 Å². The van der Waals surface area contributed by atoms with Gasteiger partial charge in [-0.1, -0.05) is 26.2 Å². The maximum absolute atomic E-state index is 5.63. The highest BCUT2D eigenvalue weighted by atomic mass is 15.1. The lowest BCUT2D eigenvalue weighted by Crippen LogP contribution is -2.38. The third-order valence-electron chi connectivity index (χ3n) is 1.96. The molecular formula is C10H23N3. The van der Waals surface area contributed by atoms with Crippen molar-refractivity contribution < 1.29 is 0 Å². The van der Waals surface area contributed by atoms with Crippen LogP contribution in [0, 0.1) is 0 Å². The number of hydrogen-bond donors (Lipinski definition) is 2. The van der Waals surface area contributed by atoms with Gasteiger partial charge >= 0.3 is 0 Å². The molecule has 0 fully saturated rings. The third-order valence-corrected chi connectivity index (χ3v) is 1.96. The molecule has 3 N–H and O–H groups in total. The number of rotatable bonds is 6. The molecule has 0 aliphatic carbocycles. The minimum Gasteiger partial charge on any atom is -0.370 e. The predicted molar refractivity (Wildman–Crippen MR) is 58.9 cm³/mol. The van der Waals surface area contributed by atoms with Crippen molar-refractivity contribution in [3.63, 3.8) is 0 Å². The Kier molecular flexibility index (Phi) is 7.45. The van der Waals surface area contributed by atoms with Gasteiger partial charge in [0.15, 0.2) is 5.96 Å². The van der Waals surface area contributed by atoms with Gasteiger partial charge in [0.2, 0.25) is 0 Å². The van der Waals surface area contributed by atoms with E-state index in [1.54, 1.807) is 0 Å². The Morgan fingerprint density at radius 2 is 2.08 bits per heavy atom. The standard InChI is InChI=1S/C10H23N3/c1-4-6-7-8-9(3)13-10(11)12-5-2/h9H,4-8H2,1-3H3,(H3,11,12,13). The van der Waals surface area contributed by atoms with Crippen LogP contribution in [0.1, 0.15) is 46.5 Å². The van der Waals surface area contributed by atoms with E-state index in [1.807, 2.05) is 6.92 Å². The molecule has 0 bridgehead atoms. The van der Waals surface area contributed by atoms with E-state index in [9.17, 15) is 0 Å². The molecule has 0 aliphatic heterocycles. The Morgan fingerprint density at radius 3 is 2.62 bits per heavy atom. The highest BCUT2D eigenvalue weighted by molar-refractivity contribution is 5.78. The molecule has 3 heteroatoms. The lowest BCUT2D eigenvalue weighted by molar-refractivity contribution is 0.552. The van der Waals surface area contributed by atoms with Gasteiger partial charge in [-0.15, -0.1) is 0 Å². The summed E-state index contributed by atoms with van der Waals surface area (Å²) in [6, 6.07) is 0.446. The molecule has 0 aliphatic rings. The molecule has 1 atom stereocenters. The molecule has 1 unspecified atom stereocenters. The molecule has 0 rings (SSSR count). The number of guanidine groups is 1. The van der Waals surface area contributed by atoms with E-state index < -0.39 is 0 Å². The summed E-state index contributed by atoms with van der Waals surface area (Å²) in [4.78, 5) is 4.08. The zero-order chi connectivity index (χ0) is 10.1. The van der Waals surface area contributed by atoms with Crippen LogP contribution < -0.4 is 11.1 Å². The molecular weight excluding hydrogens is 162 g/mol. The number of nitrogens with one attached hydrogen (secondary N) is 1. The van der Waals surface area contributed by atoms with Crippen molar-refractivity contribution >= 4 is 5.96 Å². The van der Waals surface area contributed by atoms with Gasteiger partial charge in [-0.2, -0.15) is 0 Å². The van der Waals surface area contributed by atoms with E-state index in [4.69, 9.17) is 5.73 Å². The van der Waals surface area contributed by atoms with Crippen LogP contribution in [0.25, 0.3) is 0 Å². The van der Waals surface area contributed by atoms with Crippen LogP contribution in [-0.2, 0) is 0 Å². The molecule has 0 aromatic heterocycles. The maximum atomic E-state index is 5.63. The highest BCUT2D eigenvalue weighted by Crippen LogP contribution is 2.02. The Hall–Kier alpha value is -0.730. The highest BCUT2D eigenvalue weighted by Gasteiger charge is 2.00. The van der Waals surface area contributed by atoms with Gasteiger partial charge in [0.25, 0.3) is 0 Å². The smallest absolute Gasteiger partial charge is 0.188 e. The quantitative estimate of drug-likeness (QED) is 0.377. The number of aliphatic imine (C=N–C) groups is 1. The number of unbranched alkanes of at least 4 members (excludes halogenated alkanes) is 2. The summed E-state index contributed by atoms with van der Waals surface area (Å²) < 4.78 is 0. The minimum absolute atomic E-state index is 0.446. The van der Waals surface area contributed by atoms with Crippen LogP contribution in [0.4, 0.5) is 0 Å². The van der Waals surface area contributed by atoms with Crippen LogP contribution in [0.5, 0.6) is 0 Å². The zero-order valence-corrected chi connectivity index (χ0v) is 9.14. The van der Waals surface area contributed by atoms with Gasteiger partial charge < -0.3 is 11.1 Å². The van der Waals surface area contributed by atoms with Gasteiger partial charge in [0, 0.05) is 12.6 Å². The fourth-order valence-corrected chi connectivity index (χ4v) is 1.24. The molecule has 13 heavy (non-hydrogen) atoms. The SMILES string of the molecule is CCCCCC(C)NC(N)=NCC. The van der Waals surface area contributed by atoms with E-state index in [2.05, 4.69) is 24.2 Å². The second kappa shape index (κ2) is 7.90. The van der Waals surface area contributed by atoms with Crippen molar-refractivity contribution in [1.29, 1.82) is 0 Å². The van der Waals surface area contributed by atoms with Crippen molar-refractivity contribution in [1.82, 2.24) is 5.32 Å². The van der Waals surface area contributed by atoms with E-state index in [0.717, 1.165) is 6.54 Å². The molecule has 0 saturated heterocycles. The molecule has 3 nitrogen and oxygen atoms in total. The number of nitrogens with zero attached hydrogens (tertiary/aromatic N) is 1. The topological polar surface area (TPSA) is 50.4 Å². The molecule has 0 amide bonds. The fraction of sp³-hybridized carbons (Fsp3) is 0.900. The normalized spacial score (nSPS) is 14.2. The van der Waals surface area contributed by atoms with Gasteiger partial charge in [0.05, 0.1) is 0 Å². The molecule has 78 valence electrons. The lowest BCUT2D eigenvalue weighted by atomic mass is 10.1. The van der Waals surface area contributed by atoms with Gasteiger partial charge in [-0.05, 0) is 20.3 Å². The van der Waals surface area contributed by atoms with Crippen molar-refractivity contribution in [2.24, 2.45) is 10.7 Å². The summed E-state index contributed by atoms with van der Waals surface area (Å²) in [5.74, 6) is 0.575. The molecule has 0 spiro atoms. The van der Waals surface area contributed by atoms with Crippen LogP contribution in [-0.4, -0.2) is 18.5 Å². The fourth-order valence-electron chi connectivity index (χ4n) is 1.24. The Morgan fingerprint density at radius 1 is 1.38 bits per heavy atom. The molecule has 0 aromatic carbocycles. The van der Waals surface area contributed by atoms with E-state index in [1.165, 1.54) is 25.7 Å². The van der Waals surface area contributed by atoms with Crippen LogP contribution in [0.2, 0.25) is 0 Å². The third kappa shape index (κ3) is 7.62. The van der Waals surface area contributed by atoms with Crippen molar-refractivity contribution in [2.75, 3.05) is 6.54 Å². The number of nitrogens with two attached hydrogens (primary N) is 1. The van der Waals surface area contributed by atoms with Crippen molar-refractivity contribution in [3.05, 3.63) is 0 Å². The second-order valence-electron chi connectivity index (χ2n) is 3.40. The summed E-state index contributed by atoms with van der Waals surface area (Å²) in [6.07, 6.45) is 5.01. The maximum Gasteiger partial charge on any atom is 0.188 e. The summed E-state index contributed by atoms with van der Waals surface area (Å²) in [7, 11) is 0. The monoisotopic (exact) mass is 185 g/mol. The molecule has 0 saturated carbocycles. The summed E-state index contributed by atoms with van der Waals surface area (Å²) in [5, 5.41) is 3.17. The van der Waals surface area contributed by atoms with Gasteiger partial charge in [0.1, 0.15) is 0 Å². The number of hydrogen-bond acceptors (Lipinski definition) is 1. The largest absolute Gasteiger partial charge is 0.370 e. The van der Waals surface area contributed by atoms with Crippen LogP contribution in [0.3, 0.4) is 0 Å². The minimum atomic E-state index is 0.446. The average molecular weight is 185 g/mol. The van der Waals surface area contributed by atoms with E-state index in [0.29, 0.717) is 12.0 Å². The molecule has 0 radical (unpaired) electrons. The van der Waals surface area contributed by atoms with Crippen molar-refractivity contribution in [3.8, 4) is 0 Å². The Bertz CT molecular complexity index is 143. The summed E-state index contributed by atoms with van der Waals surface area (Å²) in [6.45, 7) is 7.09. The second-order valence-corrected chi connectivity index (χ2v) is 3.40. The summed E-state index contributed by atoms with van der Waals surface area (Å²) in [5.41, 5.74) is 5.63. The predicted octanol–water partition coefficient (Wildman–Crippen LogP) is 1.88. The first-order valence-corrected chi connectivity index (χ1v) is 5.27. The van der Waals surface area contributed by atoms with Crippen molar-refractivity contribution in [2.45, 2.75) is 52.5 Å². The first kappa shape index (κ1) is 12.3. The van der Waals surface area contributed by atoms with E-state index in [-0.39, 0.29) is 0 Å². The Labute approximate surface area is 81.8 Å². The average Bonchev–Trinajstić information content (AvgIpc) is 2.05. The zero-order valence-electron chi connectivity index (χ0n) is 9.14. The Balaban J connectivity index is 3.49. The summed E-state index contributed by atoms with van der Waals surface area (Å²) >= 11 is 0. The lowest BCUT2D eigenvalue weighted by Gasteiger charge is -2.13. The molecule has 0 aromatic rings. The van der Waals surface area contributed by atoms with Gasteiger partial charge in [-0.25, -0.2) is 0 Å². The van der Waals surface area contributed by atoms with Crippen LogP contribution in [0.15, 0.2) is 4.99 Å².